The van der Waals surface area contributed by atoms with Crippen LogP contribution in [0.5, 0.6) is 0 Å². The van der Waals surface area contributed by atoms with Gasteiger partial charge in [0.2, 0.25) is 0 Å². The first-order chi connectivity index (χ1) is 8.25. The van der Waals surface area contributed by atoms with Crippen molar-refractivity contribution in [2.75, 3.05) is 0 Å². The SMILES string of the molecule is Cc1cc(-c2nnc(Cl)c3ccccc23)cs1. The van der Waals surface area contributed by atoms with Crippen molar-refractivity contribution in [1.29, 1.82) is 0 Å². The molecule has 0 unspecified atom stereocenters. The summed E-state index contributed by atoms with van der Waals surface area (Å²) in [4.78, 5) is 1.26. The molecule has 84 valence electrons. The van der Waals surface area contributed by atoms with Crippen molar-refractivity contribution >= 4 is 33.7 Å². The highest BCUT2D eigenvalue weighted by atomic mass is 35.5. The van der Waals surface area contributed by atoms with E-state index in [-0.39, 0.29) is 0 Å². The van der Waals surface area contributed by atoms with Crippen LogP contribution in [0.2, 0.25) is 5.15 Å². The van der Waals surface area contributed by atoms with E-state index in [0.717, 1.165) is 22.0 Å². The molecular formula is C13H9ClN2S. The van der Waals surface area contributed by atoms with Crippen molar-refractivity contribution in [2.24, 2.45) is 0 Å². The highest BCUT2D eigenvalue weighted by Crippen LogP contribution is 2.31. The first-order valence-electron chi connectivity index (χ1n) is 5.22. The van der Waals surface area contributed by atoms with Gasteiger partial charge in [0.25, 0.3) is 0 Å². The summed E-state index contributed by atoms with van der Waals surface area (Å²) in [5.74, 6) is 0. The maximum atomic E-state index is 6.05. The summed E-state index contributed by atoms with van der Waals surface area (Å²) in [6.07, 6.45) is 0. The first kappa shape index (κ1) is 10.7. The molecule has 2 aromatic heterocycles. The third-order valence-corrected chi connectivity index (χ3v) is 3.79. The summed E-state index contributed by atoms with van der Waals surface area (Å²) >= 11 is 7.76. The van der Waals surface area contributed by atoms with Gasteiger partial charge < -0.3 is 0 Å². The Labute approximate surface area is 108 Å². The molecule has 0 fully saturated rings. The van der Waals surface area contributed by atoms with Gasteiger partial charge in [0.1, 0.15) is 5.69 Å². The average molecular weight is 261 g/mol. The van der Waals surface area contributed by atoms with Crippen LogP contribution < -0.4 is 0 Å². The van der Waals surface area contributed by atoms with Crippen LogP contribution in [0.4, 0.5) is 0 Å². The Kier molecular flexibility index (Phi) is 2.57. The van der Waals surface area contributed by atoms with E-state index < -0.39 is 0 Å². The Hall–Kier alpha value is -1.45. The van der Waals surface area contributed by atoms with Gasteiger partial charge in [-0.05, 0) is 13.0 Å². The lowest BCUT2D eigenvalue weighted by Crippen LogP contribution is -1.90. The molecule has 4 heteroatoms. The van der Waals surface area contributed by atoms with E-state index in [1.54, 1.807) is 11.3 Å². The molecular weight excluding hydrogens is 252 g/mol. The number of benzene rings is 1. The van der Waals surface area contributed by atoms with Gasteiger partial charge in [-0.1, -0.05) is 35.9 Å². The van der Waals surface area contributed by atoms with Crippen LogP contribution >= 0.6 is 22.9 Å². The van der Waals surface area contributed by atoms with Gasteiger partial charge in [-0.25, -0.2) is 0 Å². The zero-order valence-corrected chi connectivity index (χ0v) is 10.7. The lowest BCUT2D eigenvalue weighted by Gasteiger charge is -2.03. The number of rotatable bonds is 1. The molecule has 0 saturated carbocycles. The standard InChI is InChI=1S/C13H9ClN2S/c1-8-6-9(7-17-8)12-10-4-2-3-5-11(10)13(14)16-15-12/h2-7H,1H3. The largest absolute Gasteiger partial charge is 0.159 e. The Balaban J connectivity index is 2.34. The third kappa shape index (κ3) is 1.81. The van der Waals surface area contributed by atoms with Crippen LogP contribution in [-0.2, 0) is 0 Å². The fourth-order valence-corrected chi connectivity index (χ4v) is 2.74. The Bertz CT molecular complexity index is 691. The molecule has 0 spiro atoms. The molecule has 0 saturated heterocycles. The quantitative estimate of drug-likeness (QED) is 0.651. The Morgan fingerprint density at radius 3 is 2.59 bits per heavy atom. The molecule has 0 N–H and O–H groups in total. The first-order valence-corrected chi connectivity index (χ1v) is 6.48. The lowest BCUT2D eigenvalue weighted by atomic mass is 10.1. The molecule has 0 atom stereocenters. The fraction of sp³-hybridized carbons (Fsp3) is 0.0769. The number of fused-ring (bicyclic) bond motifs is 1. The van der Waals surface area contributed by atoms with Gasteiger partial charge in [0, 0.05) is 26.6 Å². The Morgan fingerprint density at radius 1 is 1.12 bits per heavy atom. The van der Waals surface area contributed by atoms with Gasteiger partial charge in [-0.2, -0.15) is 0 Å². The number of thiophene rings is 1. The third-order valence-electron chi connectivity index (χ3n) is 2.65. The monoisotopic (exact) mass is 260 g/mol. The summed E-state index contributed by atoms with van der Waals surface area (Å²) in [7, 11) is 0. The van der Waals surface area contributed by atoms with E-state index in [1.807, 2.05) is 24.3 Å². The minimum absolute atomic E-state index is 0.455. The van der Waals surface area contributed by atoms with Crippen LogP contribution in [0, 0.1) is 6.92 Å². The molecule has 3 rings (SSSR count). The van der Waals surface area contributed by atoms with Crippen molar-refractivity contribution in [3.63, 3.8) is 0 Å². The van der Waals surface area contributed by atoms with E-state index >= 15 is 0 Å². The topological polar surface area (TPSA) is 25.8 Å². The van der Waals surface area contributed by atoms with E-state index in [9.17, 15) is 0 Å². The van der Waals surface area contributed by atoms with Crippen LogP contribution in [0.15, 0.2) is 35.7 Å². The van der Waals surface area contributed by atoms with Gasteiger partial charge in [-0.3, -0.25) is 0 Å². The molecule has 0 aliphatic heterocycles. The minimum Gasteiger partial charge on any atom is -0.149 e. The average Bonchev–Trinajstić information content (AvgIpc) is 2.77. The second-order valence-electron chi connectivity index (χ2n) is 3.83. The minimum atomic E-state index is 0.455. The van der Waals surface area contributed by atoms with Gasteiger partial charge in [-0.15, -0.1) is 21.5 Å². The summed E-state index contributed by atoms with van der Waals surface area (Å²) < 4.78 is 0. The molecule has 17 heavy (non-hydrogen) atoms. The van der Waals surface area contributed by atoms with Gasteiger partial charge in [0.05, 0.1) is 0 Å². The summed E-state index contributed by atoms with van der Waals surface area (Å²) in [6, 6.07) is 10.1. The predicted octanol–water partition coefficient (Wildman–Crippen LogP) is 4.32. The summed E-state index contributed by atoms with van der Waals surface area (Å²) in [5.41, 5.74) is 2.00. The van der Waals surface area contributed by atoms with Crippen LogP contribution in [-0.4, -0.2) is 10.2 Å². The Morgan fingerprint density at radius 2 is 1.88 bits per heavy atom. The number of nitrogens with zero attached hydrogens (tertiary/aromatic N) is 2. The highest BCUT2D eigenvalue weighted by Gasteiger charge is 2.10. The van der Waals surface area contributed by atoms with E-state index in [4.69, 9.17) is 11.6 Å². The smallest absolute Gasteiger partial charge is 0.149 e. The van der Waals surface area contributed by atoms with Crippen molar-refractivity contribution < 1.29 is 0 Å². The molecule has 1 aromatic carbocycles. The molecule has 2 nitrogen and oxygen atoms in total. The highest BCUT2D eigenvalue weighted by molar-refractivity contribution is 7.10. The number of aromatic nitrogens is 2. The second-order valence-corrected chi connectivity index (χ2v) is 5.30. The molecule has 0 amide bonds. The van der Waals surface area contributed by atoms with Crippen LogP contribution in [0.25, 0.3) is 22.0 Å². The maximum absolute atomic E-state index is 6.05. The second kappa shape index (κ2) is 4.09. The molecule has 2 heterocycles. The maximum Gasteiger partial charge on any atom is 0.159 e. The van der Waals surface area contributed by atoms with E-state index in [0.29, 0.717) is 5.15 Å². The number of hydrogen-bond acceptors (Lipinski definition) is 3. The predicted molar refractivity (Wildman–Crippen MR) is 72.6 cm³/mol. The molecule has 0 radical (unpaired) electrons. The van der Waals surface area contributed by atoms with E-state index in [2.05, 4.69) is 28.6 Å². The van der Waals surface area contributed by atoms with Crippen molar-refractivity contribution in [2.45, 2.75) is 6.92 Å². The zero-order chi connectivity index (χ0) is 11.8. The number of hydrogen-bond donors (Lipinski definition) is 0. The summed E-state index contributed by atoms with van der Waals surface area (Å²) in [5, 5.41) is 12.8. The molecule has 0 aliphatic carbocycles. The molecule has 0 bridgehead atoms. The number of halogens is 1. The van der Waals surface area contributed by atoms with Crippen molar-refractivity contribution in [3.8, 4) is 11.3 Å². The fourth-order valence-electron chi connectivity index (χ4n) is 1.85. The zero-order valence-electron chi connectivity index (χ0n) is 9.14. The van der Waals surface area contributed by atoms with Gasteiger partial charge in [0.15, 0.2) is 5.15 Å². The summed E-state index contributed by atoms with van der Waals surface area (Å²) in [6.45, 7) is 2.08. The van der Waals surface area contributed by atoms with Crippen molar-refractivity contribution in [1.82, 2.24) is 10.2 Å². The lowest BCUT2D eigenvalue weighted by molar-refractivity contribution is 1.06. The number of aryl methyl sites for hydroxylation is 1. The van der Waals surface area contributed by atoms with Crippen LogP contribution in [0.1, 0.15) is 4.88 Å². The van der Waals surface area contributed by atoms with Gasteiger partial charge >= 0.3 is 0 Å². The van der Waals surface area contributed by atoms with Crippen LogP contribution in [0.3, 0.4) is 0 Å². The molecule has 3 aromatic rings. The van der Waals surface area contributed by atoms with E-state index in [1.165, 1.54) is 4.88 Å². The van der Waals surface area contributed by atoms with Crippen molar-refractivity contribution in [3.05, 3.63) is 45.7 Å². The molecule has 0 aliphatic rings. The normalized spacial score (nSPS) is 10.9.